The summed E-state index contributed by atoms with van der Waals surface area (Å²) < 4.78 is 26.9. The van der Waals surface area contributed by atoms with Crippen LogP contribution in [0.3, 0.4) is 0 Å². The Morgan fingerprint density at radius 3 is 2.82 bits per heavy atom. The number of carboxylic acid groups (broad SMARTS) is 1. The molecule has 0 saturated carbocycles. The van der Waals surface area contributed by atoms with Gasteiger partial charge >= 0.3 is 5.97 Å². The molecule has 0 aromatic heterocycles. The van der Waals surface area contributed by atoms with E-state index >= 15 is 0 Å². The fourth-order valence-electron chi connectivity index (χ4n) is 2.34. The van der Waals surface area contributed by atoms with E-state index in [4.69, 9.17) is 16.7 Å². The van der Waals surface area contributed by atoms with E-state index in [0.717, 1.165) is 24.2 Å². The molecule has 1 aromatic carbocycles. The zero-order valence-electron chi connectivity index (χ0n) is 12.0. The van der Waals surface area contributed by atoms with Crippen LogP contribution in [0.15, 0.2) is 34.7 Å². The van der Waals surface area contributed by atoms with E-state index < -0.39 is 22.0 Å². The molecular weight excluding hydrogens is 328 g/mol. The number of likely N-dealkylation sites (N-methyl/N-ethyl adjacent to an activating group) is 1. The second-order valence-electron chi connectivity index (χ2n) is 5.20. The van der Waals surface area contributed by atoms with E-state index in [-0.39, 0.29) is 16.3 Å². The van der Waals surface area contributed by atoms with Gasteiger partial charge in [-0.2, -0.15) is 4.72 Å². The van der Waals surface area contributed by atoms with Crippen molar-refractivity contribution in [3.8, 4) is 0 Å². The van der Waals surface area contributed by atoms with Crippen molar-refractivity contribution < 1.29 is 18.3 Å². The van der Waals surface area contributed by atoms with Crippen molar-refractivity contribution in [2.45, 2.75) is 23.8 Å². The van der Waals surface area contributed by atoms with Crippen LogP contribution in [-0.4, -0.2) is 39.1 Å². The topological polar surface area (TPSA) is 86.7 Å². The fraction of sp³-hybridized carbons (Fsp3) is 0.357. The van der Waals surface area contributed by atoms with Crippen molar-refractivity contribution in [2.75, 3.05) is 18.5 Å². The normalized spacial score (nSPS) is 15.5. The van der Waals surface area contributed by atoms with Crippen molar-refractivity contribution in [2.24, 2.45) is 0 Å². The molecule has 1 unspecified atom stereocenters. The summed E-state index contributed by atoms with van der Waals surface area (Å²) in [4.78, 5) is 13.1. The lowest BCUT2D eigenvalue weighted by Gasteiger charge is -2.16. The Morgan fingerprint density at radius 2 is 2.23 bits per heavy atom. The van der Waals surface area contributed by atoms with Crippen molar-refractivity contribution >= 4 is 33.3 Å². The van der Waals surface area contributed by atoms with Gasteiger partial charge in [-0.1, -0.05) is 24.2 Å². The molecule has 1 aliphatic heterocycles. The van der Waals surface area contributed by atoms with Crippen LogP contribution < -0.4 is 9.62 Å². The zero-order chi connectivity index (χ0) is 16.5. The molecule has 0 radical (unpaired) electrons. The Bertz CT molecular complexity index is 718. The number of fused-ring (bicyclic) bond motifs is 1. The number of hydrogen-bond acceptors (Lipinski definition) is 4. The Kier molecular flexibility index (Phi) is 4.79. The van der Waals surface area contributed by atoms with Crippen LogP contribution >= 0.6 is 11.6 Å². The lowest BCUT2D eigenvalue weighted by atomic mass is 10.2. The largest absolute Gasteiger partial charge is 0.480 e. The first-order valence-corrected chi connectivity index (χ1v) is 8.49. The van der Waals surface area contributed by atoms with Gasteiger partial charge in [0.15, 0.2) is 0 Å². The van der Waals surface area contributed by atoms with Crippen molar-refractivity contribution in [3.63, 3.8) is 0 Å². The fourth-order valence-corrected chi connectivity index (χ4v) is 3.71. The summed E-state index contributed by atoms with van der Waals surface area (Å²) in [6.07, 6.45) is 0.685. The standard InChI is InChI=1S/C14H17ClN2O4S/c1-9(15)7-12(14(18)19)16-22(20,21)11-4-3-10-5-6-17(2)13(10)8-11/h3-4,8,12,16H,1,5-7H2,2H3,(H,18,19). The third-order valence-corrected chi connectivity index (χ3v) is 5.14. The lowest BCUT2D eigenvalue weighted by molar-refractivity contribution is -0.138. The van der Waals surface area contributed by atoms with Crippen molar-refractivity contribution in [1.82, 2.24) is 4.72 Å². The van der Waals surface area contributed by atoms with E-state index in [1.54, 1.807) is 12.1 Å². The summed E-state index contributed by atoms with van der Waals surface area (Å²) in [6, 6.07) is 3.44. The molecule has 0 spiro atoms. The number of hydrogen-bond donors (Lipinski definition) is 2. The number of carboxylic acids is 1. The van der Waals surface area contributed by atoms with Gasteiger partial charge in [0.05, 0.1) is 4.90 Å². The number of aliphatic carboxylic acids is 1. The van der Waals surface area contributed by atoms with Gasteiger partial charge in [0.25, 0.3) is 0 Å². The molecule has 1 aromatic rings. The maximum absolute atomic E-state index is 12.4. The van der Waals surface area contributed by atoms with Gasteiger partial charge in [-0.3, -0.25) is 4.79 Å². The lowest BCUT2D eigenvalue weighted by Crippen LogP contribution is -2.40. The number of anilines is 1. The molecule has 2 N–H and O–H groups in total. The van der Waals surface area contributed by atoms with Gasteiger partial charge in [0, 0.05) is 30.7 Å². The summed E-state index contributed by atoms with van der Waals surface area (Å²) in [5.74, 6) is -1.30. The van der Waals surface area contributed by atoms with Crippen molar-refractivity contribution in [1.29, 1.82) is 0 Å². The molecule has 1 atom stereocenters. The van der Waals surface area contributed by atoms with E-state index in [1.807, 2.05) is 11.9 Å². The van der Waals surface area contributed by atoms with E-state index in [9.17, 15) is 13.2 Å². The Balaban J connectivity index is 2.28. The summed E-state index contributed by atoms with van der Waals surface area (Å²) in [7, 11) is -2.07. The van der Waals surface area contributed by atoms with Crippen LogP contribution in [0.1, 0.15) is 12.0 Å². The average molecular weight is 345 g/mol. The van der Waals surface area contributed by atoms with Crippen LogP contribution in [0.2, 0.25) is 0 Å². The highest BCUT2D eigenvalue weighted by Crippen LogP contribution is 2.29. The van der Waals surface area contributed by atoms with Gasteiger partial charge in [-0.15, -0.1) is 0 Å². The zero-order valence-corrected chi connectivity index (χ0v) is 13.6. The van der Waals surface area contributed by atoms with Crippen molar-refractivity contribution in [3.05, 3.63) is 35.4 Å². The SMILES string of the molecule is C=C(Cl)CC(NS(=O)(=O)c1ccc2c(c1)N(C)CC2)C(=O)O. The number of carbonyl (C=O) groups is 1. The van der Waals surface area contributed by atoms with Gasteiger partial charge in [-0.05, 0) is 24.1 Å². The summed E-state index contributed by atoms with van der Waals surface area (Å²) in [6.45, 7) is 4.23. The number of sulfonamides is 1. The molecule has 22 heavy (non-hydrogen) atoms. The smallest absolute Gasteiger partial charge is 0.322 e. The van der Waals surface area contributed by atoms with Gasteiger partial charge < -0.3 is 10.0 Å². The van der Waals surface area contributed by atoms with Crippen LogP contribution in [-0.2, 0) is 21.2 Å². The molecule has 2 rings (SSSR count). The summed E-state index contributed by atoms with van der Waals surface area (Å²) in [5.41, 5.74) is 1.92. The number of nitrogens with zero attached hydrogens (tertiary/aromatic N) is 1. The number of rotatable bonds is 6. The summed E-state index contributed by atoms with van der Waals surface area (Å²) in [5, 5.41) is 9.17. The highest BCUT2D eigenvalue weighted by Gasteiger charge is 2.27. The Labute approximate surface area is 134 Å². The predicted molar refractivity (Wildman–Crippen MR) is 84.8 cm³/mol. The molecule has 0 bridgehead atoms. The molecule has 0 fully saturated rings. The summed E-state index contributed by atoms with van der Waals surface area (Å²) >= 11 is 5.59. The molecular formula is C14H17ClN2O4S. The third-order valence-electron chi connectivity index (χ3n) is 3.52. The number of halogens is 1. The van der Waals surface area contributed by atoms with Crippen LogP contribution in [0.25, 0.3) is 0 Å². The Morgan fingerprint density at radius 1 is 1.55 bits per heavy atom. The van der Waals surface area contributed by atoms with Crippen LogP contribution in [0.5, 0.6) is 0 Å². The first kappa shape index (κ1) is 16.8. The quantitative estimate of drug-likeness (QED) is 0.817. The van der Waals surface area contributed by atoms with E-state index in [0.29, 0.717) is 0 Å². The highest BCUT2D eigenvalue weighted by molar-refractivity contribution is 7.89. The molecule has 120 valence electrons. The molecule has 0 saturated heterocycles. The van der Waals surface area contributed by atoms with Crippen LogP contribution in [0, 0.1) is 0 Å². The maximum atomic E-state index is 12.4. The van der Waals surface area contributed by atoms with E-state index in [1.165, 1.54) is 6.07 Å². The molecule has 0 aliphatic carbocycles. The second-order valence-corrected chi connectivity index (χ2v) is 7.44. The minimum Gasteiger partial charge on any atom is -0.480 e. The predicted octanol–water partition coefficient (Wildman–Crippen LogP) is 1.55. The minimum absolute atomic E-state index is 0.0337. The molecule has 8 heteroatoms. The second kappa shape index (κ2) is 6.28. The maximum Gasteiger partial charge on any atom is 0.322 e. The van der Waals surface area contributed by atoms with Gasteiger partial charge in [0.2, 0.25) is 10.0 Å². The monoisotopic (exact) mass is 344 g/mol. The average Bonchev–Trinajstić information content (AvgIpc) is 2.78. The van der Waals surface area contributed by atoms with Gasteiger partial charge in [-0.25, -0.2) is 8.42 Å². The molecule has 6 nitrogen and oxygen atoms in total. The first-order valence-electron chi connectivity index (χ1n) is 6.63. The minimum atomic E-state index is -3.95. The Hall–Kier alpha value is -1.57. The van der Waals surface area contributed by atoms with Gasteiger partial charge in [0.1, 0.15) is 6.04 Å². The number of nitrogens with one attached hydrogen (secondary N) is 1. The van der Waals surface area contributed by atoms with Crippen LogP contribution in [0.4, 0.5) is 5.69 Å². The van der Waals surface area contributed by atoms with E-state index in [2.05, 4.69) is 11.3 Å². The number of benzene rings is 1. The molecule has 1 aliphatic rings. The highest BCUT2D eigenvalue weighted by atomic mass is 35.5. The molecule has 1 heterocycles. The third kappa shape index (κ3) is 3.60. The first-order chi connectivity index (χ1) is 10.2. The molecule has 0 amide bonds.